The summed E-state index contributed by atoms with van der Waals surface area (Å²) in [5.41, 5.74) is 0.756. The van der Waals surface area contributed by atoms with E-state index in [0.29, 0.717) is 24.0 Å². The van der Waals surface area contributed by atoms with Crippen molar-refractivity contribution in [3.8, 4) is 0 Å². The van der Waals surface area contributed by atoms with Crippen molar-refractivity contribution in [1.29, 1.82) is 0 Å². The van der Waals surface area contributed by atoms with Crippen molar-refractivity contribution >= 4 is 33.2 Å². The molecule has 0 spiro atoms. The molecule has 104 valence electrons. The first-order chi connectivity index (χ1) is 9.04. The lowest BCUT2D eigenvalue weighted by molar-refractivity contribution is -0.384. The summed E-state index contributed by atoms with van der Waals surface area (Å²) in [4.78, 5) is 21.5. The van der Waals surface area contributed by atoms with E-state index in [1.807, 2.05) is 6.92 Å². The topological polar surface area (TPSA) is 84.3 Å². The summed E-state index contributed by atoms with van der Waals surface area (Å²) >= 11 is 3.26. The predicted molar refractivity (Wildman–Crippen MR) is 77.2 cm³/mol. The average molecular weight is 330 g/mol. The number of benzene rings is 1. The lowest BCUT2D eigenvalue weighted by Gasteiger charge is -2.08. The number of carbonyl (C=O) groups excluding carboxylic acids is 1. The molecule has 0 aliphatic heterocycles. The van der Waals surface area contributed by atoms with Crippen molar-refractivity contribution in [2.45, 2.75) is 19.8 Å². The van der Waals surface area contributed by atoms with E-state index in [9.17, 15) is 14.9 Å². The highest BCUT2D eigenvalue weighted by Crippen LogP contribution is 2.26. The van der Waals surface area contributed by atoms with Crippen LogP contribution < -0.4 is 10.6 Å². The number of rotatable bonds is 7. The number of nitrogens with zero attached hydrogens (tertiary/aromatic N) is 1. The van der Waals surface area contributed by atoms with E-state index >= 15 is 0 Å². The third-order valence-electron chi connectivity index (χ3n) is 2.40. The third kappa shape index (κ3) is 5.25. The number of halogens is 1. The first kappa shape index (κ1) is 15.4. The van der Waals surface area contributed by atoms with Crippen LogP contribution in [-0.2, 0) is 4.79 Å². The molecule has 1 aromatic rings. The second-order valence-electron chi connectivity index (χ2n) is 3.95. The molecule has 1 amide bonds. The van der Waals surface area contributed by atoms with Gasteiger partial charge < -0.3 is 10.6 Å². The van der Waals surface area contributed by atoms with Gasteiger partial charge in [0.05, 0.1) is 4.92 Å². The van der Waals surface area contributed by atoms with Crippen LogP contribution in [0.2, 0.25) is 0 Å². The second-order valence-corrected chi connectivity index (χ2v) is 4.80. The summed E-state index contributed by atoms with van der Waals surface area (Å²) in [5, 5.41) is 16.4. The minimum atomic E-state index is -0.452. The van der Waals surface area contributed by atoms with Crippen molar-refractivity contribution in [3.63, 3.8) is 0 Å². The van der Waals surface area contributed by atoms with Crippen LogP contribution in [0, 0.1) is 10.1 Å². The number of non-ortho nitro benzene ring substituents is 1. The van der Waals surface area contributed by atoms with E-state index in [4.69, 9.17) is 0 Å². The molecular formula is C12H16BrN3O3. The molecule has 0 saturated carbocycles. The van der Waals surface area contributed by atoms with Crippen molar-refractivity contribution in [2.24, 2.45) is 0 Å². The standard InChI is InChI=1S/C12H16BrN3O3/c1-2-6-15-12(17)5-7-14-11-4-3-9(16(18)19)8-10(11)13/h3-4,8,14H,2,5-7H2,1H3,(H,15,17). The molecule has 6 nitrogen and oxygen atoms in total. The van der Waals surface area contributed by atoms with Crippen LogP contribution in [-0.4, -0.2) is 23.9 Å². The molecule has 7 heteroatoms. The van der Waals surface area contributed by atoms with Gasteiger partial charge in [0, 0.05) is 41.8 Å². The van der Waals surface area contributed by atoms with Gasteiger partial charge in [0.15, 0.2) is 0 Å². The Kier molecular flexibility index (Phi) is 6.27. The Morgan fingerprint density at radius 1 is 1.42 bits per heavy atom. The molecule has 0 aliphatic rings. The molecule has 0 aromatic heterocycles. The first-order valence-corrected chi connectivity index (χ1v) is 6.78. The quantitative estimate of drug-likeness (QED) is 0.595. The fraction of sp³-hybridized carbons (Fsp3) is 0.417. The molecule has 0 bridgehead atoms. The number of nitro benzene ring substituents is 1. The van der Waals surface area contributed by atoms with Crippen molar-refractivity contribution in [2.75, 3.05) is 18.4 Å². The highest BCUT2D eigenvalue weighted by atomic mass is 79.9. The van der Waals surface area contributed by atoms with E-state index in [-0.39, 0.29) is 11.6 Å². The summed E-state index contributed by atoms with van der Waals surface area (Å²) < 4.78 is 0.607. The fourth-order valence-corrected chi connectivity index (χ4v) is 1.93. The molecule has 1 aromatic carbocycles. The molecule has 0 fully saturated rings. The van der Waals surface area contributed by atoms with Gasteiger partial charge in [-0.1, -0.05) is 6.92 Å². The number of amides is 1. The largest absolute Gasteiger partial charge is 0.384 e. The Labute approximate surface area is 119 Å². The van der Waals surface area contributed by atoms with E-state index in [1.54, 1.807) is 6.07 Å². The number of anilines is 1. The lowest BCUT2D eigenvalue weighted by Crippen LogP contribution is -2.25. The molecule has 19 heavy (non-hydrogen) atoms. The second kappa shape index (κ2) is 7.73. The van der Waals surface area contributed by atoms with Crippen LogP contribution in [0.1, 0.15) is 19.8 Å². The Morgan fingerprint density at radius 3 is 2.74 bits per heavy atom. The number of nitro groups is 1. The zero-order chi connectivity index (χ0) is 14.3. The van der Waals surface area contributed by atoms with Crippen molar-refractivity contribution < 1.29 is 9.72 Å². The number of nitrogens with one attached hydrogen (secondary N) is 2. The Hall–Kier alpha value is -1.63. The Bertz CT molecular complexity index is 466. The number of hydrogen-bond acceptors (Lipinski definition) is 4. The third-order valence-corrected chi connectivity index (χ3v) is 3.06. The number of hydrogen-bond donors (Lipinski definition) is 2. The van der Waals surface area contributed by atoms with Crippen LogP contribution in [0.15, 0.2) is 22.7 Å². The fourth-order valence-electron chi connectivity index (χ4n) is 1.42. The summed E-state index contributed by atoms with van der Waals surface area (Å²) in [6.07, 6.45) is 1.27. The van der Waals surface area contributed by atoms with Crippen LogP contribution in [0.3, 0.4) is 0 Å². The Balaban J connectivity index is 2.45. The molecule has 0 unspecified atom stereocenters. The van der Waals surface area contributed by atoms with Crippen LogP contribution >= 0.6 is 15.9 Å². The van der Waals surface area contributed by atoms with Gasteiger partial charge >= 0.3 is 0 Å². The monoisotopic (exact) mass is 329 g/mol. The van der Waals surface area contributed by atoms with E-state index in [0.717, 1.165) is 12.1 Å². The summed E-state index contributed by atoms with van der Waals surface area (Å²) in [7, 11) is 0. The summed E-state index contributed by atoms with van der Waals surface area (Å²) in [6, 6.07) is 4.47. The first-order valence-electron chi connectivity index (χ1n) is 5.99. The van der Waals surface area contributed by atoms with Gasteiger partial charge in [0.25, 0.3) is 5.69 Å². The maximum Gasteiger partial charge on any atom is 0.270 e. The van der Waals surface area contributed by atoms with Crippen molar-refractivity contribution in [3.05, 3.63) is 32.8 Å². The normalized spacial score (nSPS) is 10.0. The summed E-state index contributed by atoms with van der Waals surface area (Å²) in [5.74, 6) is -0.00705. The van der Waals surface area contributed by atoms with Gasteiger partial charge in [0.1, 0.15) is 0 Å². The van der Waals surface area contributed by atoms with E-state index < -0.39 is 4.92 Å². The molecule has 0 atom stereocenters. The van der Waals surface area contributed by atoms with Gasteiger partial charge in [-0.3, -0.25) is 14.9 Å². The highest BCUT2D eigenvalue weighted by molar-refractivity contribution is 9.10. The van der Waals surface area contributed by atoms with Gasteiger partial charge in [-0.05, 0) is 28.4 Å². The molecule has 0 heterocycles. The minimum absolute atomic E-state index is 0.00705. The molecule has 0 aliphatic carbocycles. The van der Waals surface area contributed by atoms with E-state index in [2.05, 4.69) is 26.6 Å². The molecule has 0 saturated heterocycles. The lowest BCUT2D eigenvalue weighted by atomic mass is 10.2. The molecule has 1 rings (SSSR count). The van der Waals surface area contributed by atoms with Gasteiger partial charge in [0.2, 0.25) is 5.91 Å². The van der Waals surface area contributed by atoms with E-state index in [1.165, 1.54) is 12.1 Å². The van der Waals surface area contributed by atoms with Crippen LogP contribution in [0.5, 0.6) is 0 Å². The van der Waals surface area contributed by atoms with Gasteiger partial charge in [-0.2, -0.15) is 0 Å². The molecule has 0 radical (unpaired) electrons. The van der Waals surface area contributed by atoms with Crippen molar-refractivity contribution in [1.82, 2.24) is 5.32 Å². The van der Waals surface area contributed by atoms with Gasteiger partial charge in [-0.25, -0.2) is 0 Å². The minimum Gasteiger partial charge on any atom is -0.384 e. The highest BCUT2D eigenvalue weighted by Gasteiger charge is 2.09. The van der Waals surface area contributed by atoms with Crippen LogP contribution in [0.25, 0.3) is 0 Å². The zero-order valence-electron chi connectivity index (χ0n) is 10.6. The summed E-state index contributed by atoms with van der Waals surface area (Å²) in [6.45, 7) is 3.15. The molecule has 2 N–H and O–H groups in total. The zero-order valence-corrected chi connectivity index (χ0v) is 12.2. The maximum atomic E-state index is 11.4. The maximum absolute atomic E-state index is 11.4. The van der Waals surface area contributed by atoms with Gasteiger partial charge in [-0.15, -0.1) is 0 Å². The average Bonchev–Trinajstić information content (AvgIpc) is 2.38. The SMILES string of the molecule is CCCNC(=O)CCNc1ccc([N+](=O)[O-])cc1Br. The smallest absolute Gasteiger partial charge is 0.270 e. The predicted octanol–water partition coefficient (Wildman–Crippen LogP) is 2.69. The van der Waals surface area contributed by atoms with Crippen LogP contribution in [0.4, 0.5) is 11.4 Å². The molecular weight excluding hydrogens is 314 g/mol. The number of carbonyl (C=O) groups is 1. The Morgan fingerprint density at radius 2 is 2.16 bits per heavy atom.